The topological polar surface area (TPSA) is 15.8 Å². The van der Waals surface area contributed by atoms with Crippen LogP contribution < -0.4 is 0 Å². The van der Waals surface area contributed by atoms with E-state index in [0.29, 0.717) is 0 Å². The normalized spacial score (nSPS) is 11.1. The molecule has 2 heteroatoms. The van der Waals surface area contributed by atoms with Crippen LogP contribution in [0.3, 0.4) is 0 Å². The summed E-state index contributed by atoms with van der Waals surface area (Å²) in [4.78, 5) is 3.35. The molecule has 0 fully saturated rings. The van der Waals surface area contributed by atoms with Crippen LogP contribution in [0.25, 0.3) is 10.9 Å². The van der Waals surface area contributed by atoms with Crippen LogP contribution in [0.5, 0.6) is 0 Å². The highest BCUT2D eigenvalue weighted by Crippen LogP contribution is 2.28. The highest BCUT2D eigenvalue weighted by molar-refractivity contribution is 6.32. The van der Waals surface area contributed by atoms with Crippen LogP contribution in [0.2, 0.25) is 5.02 Å². The van der Waals surface area contributed by atoms with Gasteiger partial charge in [-0.15, -0.1) is 0 Å². The maximum Gasteiger partial charge on any atom is 0.0503 e. The Kier molecular flexibility index (Phi) is 1.85. The van der Waals surface area contributed by atoms with E-state index in [0.717, 1.165) is 10.6 Å². The van der Waals surface area contributed by atoms with Gasteiger partial charge in [-0.1, -0.05) is 17.7 Å². The Morgan fingerprint density at radius 3 is 2.46 bits per heavy atom. The molecule has 1 nitrogen and oxygen atoms in total. The molecule has 0 spiro atoms. The number of aromatic nitrogens is 1. The Labute approximate surface area is 82.7 Å². The van der Waals surface area contributed by atoms with Gasteiger partial charge in [0.25, 0.3) is 0 Å². The van der Waals surface area contributed by atoms with Crippen molar-refractivity contribution in [1.82, 2.24) is 4.98 Å². The van der Waals surface area contributed by atoms with Crippen molar-refractivity contribution < 1.29 is 0 Å². The van der Waals surface area contributed by atoms with E-state index in [4.69, 9.17) is 11.6 Å². The smallest absolute Gasteiger partial charge is 0.0503 e. The molecular formula is C11H12ClN. The van der Waals surface area contributed by atoms with Gasteiger partial charge in [-0.25, -0.2) is 0 Å². The van der Waals surface area contributed by atoms with E-state index in [1.54, 1.807) is 0 Å². The zero-order valence-corrected chi connectivity index (χ0v) is 8.79. The Morgan fingerprint density at radius 1 is 1.08 bits per heavy atom. The van der Waals surface area contributed by atoms with E-state index in [1.807, 2.05) is 13.0 Å². The molecule has 0 bridgehead atoms. The van der Waals surface area contributed by atoms with Crippen molar-refractivity contribution >= 4 is 22.5 Å². The van der Waals surface area contributed by atoms with Crippen molar-refractivity contribution in [3.05, 3.63) is 34.0 Å². The molecular weight excluding hydrogens is 182 g/mol. The predicted molar refractivity (Wildman–Crippen MR) is 57.5 cm³/mol. The fraction of sp³-hybridized carbons (Fsp3) is 0.273. The zero-order chi connectivity index (χ0) is 9.59. The Hall–Kier alpha value is -0.950. The molecule has 1 heterocycles. The van der Waals surface area contributed by atoms with Gasteiger partial charge in [0.1, 0.15) is 0 Å². The van der Waals surface area contributed by atoms with Crippen LogP contribution in [0.15, 0.2) is 12.1 Å². The van der Waals surface area contributed by atoms with Gasteiger partial charge in [0, 0.05) is 16.1 Å². The van der Waals surface area contributed by atoms with E-state index in [-0.39, 0.29) is 0 Å². The van der Waals surface area contributed by atoms with Gasteiger partial charge < -0.3 is 4.98 Å². The van der Waals surface area contributed by atoms with Gasteiger partial charge in [0.05, 0.1) is 5.52 Å². The highest BCUT2D eigenvalue weighted by atomic mass is 35.5. The van der Waals surface area contributed by atoms with Crippen molar-refractivity contribution in [3.63, 3.8) is 0 Å². The predicted octanol–water partition coefficient (Wildman–Crippen LogP) is 3.75. The molecule has 68 valence electrons. The Bertz CT molecular complexity index is 468. The lowest BCUT2D eigenvalue weighted by Gasteiger charge is -1.98. The van der Waals surface area contributed by atoms with Crippen LogP contribution in [0, 0.1) is 20.8 Å². The second kappa shape index (κ2) is 2.78. The number of hydrogen-bond donors (Lipinski definition) is 1. The summed E-state index contributed by atoms with van der Waals surface area (Å²) in [7, 11) is 0. The number of halogens is 1. The summed E-state index contributed by atoms with van der Waals surface area (Å²) in [5.41, 5.74) is 4.84. The molecule has 0 aliphatic carbocycles. The average Bonchev–Trinajstić information content (AvgIpc) is 2.38. The number of hydrogen-bond acceptors (Lipinski definition) is 0. The summed E-state index contributed by atoms with van der Waals surface area (Å²) in [5.74, 6) is 0. The van der Waals surface area contributed by atoms with Gasteiger partial charge in [-0.2, -0.15) is 0 Å². The van der Waals surface area contributed by atoms with E-state index >= 15 is 0 Å². The van der Waals surface area contributed by atoms with Gasteiger partial charge in [-0.05, 0) is 38.0 Å². The maximum atomic E-state index is 6.03. The van der Waals surface area contributed by atoms with Crippen molar-refractivity contribution in [3.8, 4) is 0 Å². The van der Waals surface area contributed by atoms with Gasteiger partial charge in [0.2, 0.25) is 0 Å². The minimum absolute atomic E-state index is 0.828. The average molecular weight is 194 g/mol. The SMILES string of the molecule is Cc1[nH]c2c(C)c(Cl)ccc2c1C. The molecule has 1 aromatic heterocycles. The van der Waals surface area contributed by atoms with E-state index in [1.165, 1.54) is 22.2 Å². The second-order valence-corrected chi connectivity index (χ2v) is 3.88. The molecule has 0 atom stereocenters. The summed E-state index contributed by atoms with van der Waals surface area (Å²) in [6.45, 7) is 6.25. The summed E-state index contributed by atoms with van der Waals surface area (Å²) >= 11 is 6.03. The van der Waals surface area contributed by atoms with E-state index in [2.05, 4.69) is 24.9 Å². The van der Waals surface area contributed by atoms with Crippen LogP contribution >= 0.6 is 11.6 Å². The minimum atomic E-state index is 0.828. The standard InChI is InChI=1S/C11H12ClN/c1-6-8(3)13-11-7(2)10(12)5-4-9(6)11/h4-5,13H,1-3H3. The first kappa shape index (κ1) is 8.64. The molecule has 1 N–H and O–H groups in total. The summed E-state index contributed by atoms with van der Waals surface area (Å²) < 4.78 is 0. The third-order valence-electron chi connectivity index (χ3n) is 2.68. The van der Waals surface area contributed by atoms with Crippen LogP contribution in [-0.2, 0) is 0 Å². The Morgan fingerprint density at radius 2 is 1.77 bits per heavy atom. The highest BCUT2D eigenvalue weighted by Gasteiger charge is 2.07. The molecule has 0 radical (unpaired) electrons. The molecule has 1 aromatic carbocycles. The number of fused-ring (bicyclic) bond motifs is 1. The fourth-order valence-electron chi connectivity index (χ4n) is 1.64. The van der Waals surface area contributed by atoms with E-state index in [9.17, 15) is 0 Å². The summed E-state index contributed by atoms with van der Waals surface area (Å²) in [6.07, 6.45) is 0. The zero-order valence-electron chi connectivity index (χ0n) is 8.03. The molecule has 0 amide bonds. The fourth-order valence-corrected chi connectivity index (χ4v) is 1.80. The lowest BCUT2D eigenvalue weighted by atomic mass is 10.1. The largest absolute Gasteiger partial charge is 0.358 e. The molecule has 13 heavy (non-hydrogen) atoms. The molecule has 0 aliphatic rings. The van der Waals surface area contributed by atoms with Crippen LogP contribution in [0.1, 0.15) is 16.8 Å². The molecule has 0 saturated carbocycles. The quantitative estimate of drug-likeness (QED) is 0.656. The van der Waals surface area contributed by atoms with Gasteiger partial charge in [-0.3, -0.25) is 0 Å². The first-order valence-electron chi connectivity index (χ1n) is 4.35. The second-order valence-electron chi connectivity index (χ2n) is 3.47. The number of H-pyrrole nitrogens is 1. The van der Waals surface area contributed by atoms with Crippen molar-refractivity contribution in [2.75, 3.05) is 0 Å². The monoisotopic (exact) mass is 193 g/mol. The van der Waals surface area contributed by atoms with Crippen molar-refractivity contribution in [1.29, 1.82) is 0 Å². The third kappa shape index (κ3) is 1.15. The van der Waals surface area contributed by atoms with E-state index < -0.39 is 0 Å². The molecule has 0 saturated heterocycles. The molecule has 2 rings (SSSR count). The summed E-state index contributed by atoms with van der Waals surface area (Å²) in [6, 6.07) is 4.03. The number of benzene rings is 1. The minimum Gasteiger partial charge on any atom is -0.358 e. The molecule has 0 unspecified atom stereocenters. The number of aryl methyl sites for hydroxylation is 3. The van der Waals surface area contributed by atoms with Crippen molar-refractivity contribution in [2.24, 2.45) is 0 Å². The number of rotatable bonds is 0. The third-order valence-corrected chi connectivity index (χ3v) is 3.09. The first-order valence-corrected chi connectivity index (χ1v) is 4.73. The van der Waals surface area contributed by atoms with Gasteiger partial charge in [0.15, 0.2) is 0 Å². The molecule has 0 aliphatic heterocycles. The number of nitrogens with one attached hydrogen (secondary N) is 1. The van der Waals surface area contributed by atoms with Crippen LogP contribution in [-0.4, -0.2) is 4.98 Å². The maximum absolute atomic E-state index is 6.03. The first-order chi connectivity index (χ1) is 6.11. The Balaban J connectivity index is 2.94. The van der Waals surface area contributed by atoms with Crippen molar-refractivity contribution in [2.45, 2.75) is 20.8 Å². The number of aromatic amines is 1. The lowest BCUT2D eigenvalue weighted by Crippen LogP contribution is -1.77. The summed E-state index contributed by atoms with van der Waals surface area (Å²) in [5, 5.41) is 2.10. The van der Waals surface area contributed by atoms with Crippen LogP contribution in [0.4, 0.5) is 0 Å². The van der Waals surface area contributed by atoms with Gasteiger partial charge >= 0.3 is 0 Å². The molecule has 2 aromatic rings. The lowest BCUT2D eigenvalue weighted by molar-refractivity contribution is 1.25.